The van der Waals surface area contributed by atoms with Crippen LogP contribution < -0.4 is 0 Å². The van der Waals surface area contributed by atoms with Gasteiger partial charge in [0, 0.05) is 6.26 Å². The second-order valence-electron chi connectivity index (χ2n) is 3.13. The van der Waals surface area contributed by atoms with Crippen LogP contribution in [0.5, 0.6) is 0 Å². The van der Waals surface area contributed by atoms with Crippen LogP contribution in [0.2, 0.25) is 0 Å². The van der Waals surface area contributed by atoms with E-state index in [1.165, 1.54) is 0 Å². The second-order valence-corrected chi connectivity index (χ2v) is 5.90. The van der Waals surface area contributed by atoms with Crippen LogP contribution in [-0.4, -0.2) is 21.8 Å². The number of hydrogen-bond acceptors (Lipinski definition) is 3. The summed E-state index contributed by atoms with van der Waals surface area (Å²) in [5.41, 5.74) is 0. The summed E-state index contributed by atoms with van der Waals surface area (Å²) >= 11 is 0. The highest BCUT2D eigenvalue weighted by atomic mass is 32.2. The maximum absolute atomic E-state index is 11.9. The molecule has 66 valence electrons. The van der Waals surface area contributed by atoms with Crippen molar-refractivity contribution >= 4 is 9.73 Å². The first kappa shape index (κ1) is 9.27. The molecule has 1 aliphatic rings. The molecule has 1 rings (SSSR count). The summed E-state index contributed by atoms with van der Waals surface area (Å²) in [6, 6.07) is 2.09. The van der Waals surface area contributed by atoms with Crippen molar-refractivity contribution in [2.45, 2.75) is 18.1 Å². The van der Waals surface area contributed by atoms with Gasteiger partial charge in [0.05, 0.1) is 22.3 Å². The van der Waals surface area contributed by atoms with Gasteiger partial charge in [-0.1, -0.05) is 12.2 Å². The molecule has 0 spiro atoms. The molecule has 0 saturated carbocycles. The molecule has 12 heavy (non-hydrogen) atoms. The van der Waals surface area contributed by atoms with Crippen molar-refractivity contribution in [3.05, 3.63) is 12.2 Å². The third kappa shape index (κ3) is 1.37. The molecule has 0 fully saturated rings. The predicted octanol–water partition coefficient (Wildman–Crippen LogP) is 1.33. The van der Waals surface area contributed by atoms with Crippen molar-refractivity contribution in [2.75, 3.05) is 12.8 Å². The molecule has 0 aromatic heterocycles. The van der Waals surface area contributed by atoms with Crippen molar-refractivity contribution in [1.82, 2.24) is 0 Å². The fourth-order valence-corrected chi connectivity index (χ4v) is 2.23. The zero-order chi connectivity index (χ0) is 9.24. The monoisotopic (exact) mass is 184 g/mol. The van der Waals surface area contributed by atoms with E-state index in [0.29, 0.717) is 13.0 Å². The van der Waals surface area contributed by atoms with E-state index in [-0.39, 0.29) is 0 Å². The fraction of sp³-hybridized carbons (Fsp3) is 0.625. The molecule has 2 unspecified atom stereocenters. The van der Waals surface area contributed by atoms with Crippen LogP contribution in [0, 0.1) is 11.3 Å². The van der Waals surface area contributed by atoms with Gasteiger partial charge in [-0.25, -0.2) is 8.57 Å². The minimum atomic E-state index is -2.36. The topological polar surface area (TPSA) is 53.2 Å². The summed E-state index contributed by atoms with van der Waals surface area (Å²) in [7, 11) is -2.36. The molecule has 0 aromatic rings. The van der Waals surface area contributed by atoms with Crippen molar-refractivity contribution < 1.29 is 4.21 Å². The van der Waals surface area contributed by atoms with E-state index in [1.54, 1.807) is 13.2 Å². The fourth-order valence-electron chi connectivity index (χ4n) is 0.995. The number of nitriles is 1. The Morgan fingerprint density at radius 3 is 2.92 bits per heavy atom. The van der Waals surface area contributed by atoms with Crippen LogP contribution in [0.4, 0.5) is 0 Å². The maximum atomic E-state index is 11.9. The highest BCUT2D eigenvalue weighted by molar-refractivity contribution is 7.94. The zero-order valence-corrected chi connectivity index (χ0v) is 8.10. The Bertz CT molecular complexity index is 358. The third-order valence-corrected chi connectivity index (χ3v) is 4.74. The largest absolute Gasteiger partial charge is 0.248 e. The van der Waals surface area contributed by atoms with E-state index >= 15 is 0 Å². The first-order chi connectivity index (χ1) is 5.52. The van der Waals surface area contributed by atoms with E-state index in [0.717, 1.165) is 0 Å². The van der Waals surface area contributed by atoms with Gasteiger partial charge in [-0.05, 0) is 13.3 Å². The van der Waals surface area contributed by atoms with E-state index in [1.807, 2.05) is 12.2 Å². The average molecular weight is 184 g/mol. The summed E-state index contributed by atoms with van der Waals surface area (Å²) in [6.45, 7) is 2.17. The van der Waals surface area contributed by atoms with Crippen LogP contribution >= 0.6 is 0 Å². The van der Waals surface area contributed by atoms with E-state index in [4.69, 9.17) is 5.26 Å². The van der Waals surface area contributed by atoms with Crippen LogP contribution in [0.15, 0.2) is 16.5 Å². The number of allylic oxidation sites excluding steroid dienone is 1. The van der Waals surface area contributed by atoms with Crippen molar-refractivity contribution in [3.8, 4) is 6.07 Å². The third-order valence-electron chi connectivity index (χ3n) is 2.17. The Morgan fingerprint density at radius 1 is 1.67 bits per heavy atom. The van der Waals surface area contributed by atoms with Gasteiger partial charge in [0.1, 0.15) is 4.75 Å². The van der Waals surface area contributed by atoms with Crippen molar-refractivity contribution in [3.63, 3.8) is 0 Å². The number of hydrogen-bond donors (Lipinski definition) is 0. The SMILES string of the molecule is CC1(C#N)CC=CCN=S1(C)=O. The van der Waals surface area contributed by atoms with Gasteiger partial charge in [-0.15, -0.1) is 0 Å². The summed E-state index contributed by atoms with van der Waals surface area (Å²) in [5, 5.41) is 8.89. The Morgan fingerprint density at radius 2 is 2.33 bits per heavy atom. The van der Waals surface area contributed by atoms with Gasteiger partial charge in [0.15, 0.2) is 0 Å². The quantitative estimate of drug-likeness (QED) is 0.533. The zero-order valence-electron chi connectivity index (χ0n) is 7.28. The molecular weight excluding hydrogens is 172 g/mol. The van der Waals surface area contributed by atoms with Crippen molar-refractivity contribution in [1.29, 1.82) is 5.26 Å². The van der Waals surface area contributed by atoms with E-state index < -0.39 is 14.5 Å². The van der Waals surface area contributed by atoms with Gasteiger partial charge in [0.2, 0.25) is 0 Å². The van der Waals surface area contributed by atoms with Crippen molar-refractivity contribution in [2.24, 2.45) is 4.36 Å². The molecule has 2 atom stereocenters. The molecule has 0 amide bonds. The highest BCUT2D eigenvalue weighted by Gasteiger charge is 2.33. The average Bonchev–Trinajstić information content (AvgIpc) is 2.13. The lowest BCUT2D eigenvalue weighted by Crippen LogP contribution is -2.31. The lowest BCUT2D eigenvalue weighted by atomic mass is 10.1. The maximum Gasteiger partial charge on any atom is 0.140 e. The second kappa shape index (κ2) is 2.91. The van der Waals surface area contributed by atoms with Gasteiger partial charge < -0.3 is 0 Å². The summed E-state index contributed by atoms with van der Waals surface area (Å²) in [4.78, 5) is 0. The number of nitrogens with zero attached hydrogens (tertiary/aromatic N) is 2. The smallest absolute Gasteiger partial charge is 0.140 e. The standard InChI is InChI=1S/C8H12N2OS/c1-8(7-9)5-3-4-6-10-12(8,2)11/h3-4H,5-6H2,1-2H3. The van der Waals surface area contributed by atoms with E-state index in [2.05, 4.69) is 10.4 Å². The Kier molecular flexibility index (Phi) is 2.25. The molecule has 0 radical (unpaired) electrons. The first-order valence-electron chi connectivity index (χ1n) is 3.75. The molecule has 1 heterocycles. The van der Waals surface area contributed by atoms with Crippen LogP contribution in [0.3, 0.4) is 0 Å². The molecule has 1 aliphatic heterocycles. The van der Waals surface area contributed by atoms with Gasteiger partial charge in [-0.3, -0.25) is 0 Å². The summed E-state index contributed by atoms with van der Waals surface area (Å²) in [5.74, 6) is 0. The normalized spacial score (nSPS) is 41.1. The molecule has 0 N–H and O–H groups in total. The first-order valence-corrected chi connectivity index (χ1v) is 5.68. The molecular formula is C8H12N2OS. The van der Waals surface area contributed by atoms with Crippen LogP contribution in [0.25, 0.3) is 0 Å². The molecule has 0 aliphatic carbocycles. The minimum absolute atomic E-state index is 0.465. The lowest BCUT2D eigenvalue weighted by Gasteiger charge is -2.19. The predicted molar refractivity (Wildman–Crippen MR) is 49.1 cm³/mol. The molecule has 4 heteroatoms. The Labute approximate surface area is 73.3 Å². The summed E-state index contributed by atoms with van der Waals surface area (Å²) in [6.07, 6.45) is 5.82. The Balaban J connectivity index is 3.25. The Hall–Kier alpha value is -0.820. The van der Waals surface area contributed by atoms with Crippen LogP contribution in [0.1, 0.15) is 13.3 Å². The highest BCUT2D eigenvalue weighted by Crippen LogP contribution is 2.24. The number of rotatable bonds is 0. The molecule has 0 aromatic carbocycles. The van der Waals surface area contributed by atoms with Gasteiger partial charge >= 0.3 is 0 Å². The van der Waals surface area contributed by atoms with Gasteiger partial charge in [0.25, 0.3) is 0 Å². The lowest BCUT2D eigenvalue weighted by molar-refractivity contribution is 0.652. The molecule has 0 saturated heterocycles. The summed E-state index contributed by atoms with van der Waals surface area (Å²) < 4.78 is 15.1. The molecule has 0 bridgehead atoms. The van der Waals surface area contributed by atoms with Crippen LogP contribution in [-0.2, 0) is 9.73 Å². The van der Waals surface area contributed by atoms with E-state index in [9.17, 15) is 4.21 Å². The molecule has 3 nitrogen and oxygen atoms in total. The minimum Gasteiger partial charge on any atom is -0.248 e. The van der Waals surface area contributed by atoms with Gasteiger partial charge in [-0.2, -0.15) is 5.26 Å².